The first kappa shape index (κ1) is 25.4. The average Bonchev–Trinajstić information content (AvgIpc) is 2.63. The van der Waals surface area contributed by atoms with Crippen molar-refractivity contribution >= 4 is 0 Å². The van der Waals surface area contributed by atoms with Crippen LogP contribution in [-0.4, -0.2) is 0 Å². The normalized spacial score (nSPS) is 10.7. The quantitative estimate of drug-likeness (QED) is 0.275. The molecule has 1 aromatic heterocycles. The molecule has 26 heavy (non-hydrogen) atoms. The lowest BCUT2D eigenvalue weighted by Gasteiger charge is -2.03. The van der Waals surface area contributed by atoms with Gasteiger partial charge in [-0.2, -0.15) is 0 Å². The van der Waals surface area contributed by atoms with Crippen LogP contribution in [0.15, 0.2) is 24.4 Å². The standard InChI is InChI=1S/C24H44N.ClH/c1-3-4-5-6-7-8-9-10-11-12-13-14-15-16-17-19-22-25-23-20-18-21-24(25)2;/h18,20-21,23H,3-17,19,22H2,1-2H3;1H/q+1;/p-1. The Hall–Kier alpha value is -0.560. The zero-order valence-corrected chi connectivity index (χ0v) is 18.4. The number of aromatic nitrogens is 1. The van der Waals surface area contributed by atoms with Crippen molar-refractivity contribution in [3.8, 4) is 0 Å². The van der Waals surface area contributed by atoms with Crippen LogP contribution in [-0.2, 0) is 6.54 Å². The third kappa shape index (κ3) is 14.6. The van der Waals surface area contributed by atoms with Crippen molar-refractivity contribution in [3.05, 3.63) is 30.1 Å². The lowest BCUT2D eigenvalue weighted by molar-refractivity contribution is -0.703. The molecule has 0 fully saturated rings. The van der Waals surface area contributed by atoms with Crippen molar-refractivity contribution in [2.45, 2.75) is 123 Å². The zero-order chi connectivity index (χ0) is 18.0. The fourth-order valence-electron chi connectivity index (χ4n) is 3.64. The Kier molecular flexibility index (Phi) is 18.8. The van der Waals surface area contributed by atoms with E-state index < -0.39 is 0 Å². The highest BCUT2D eigenvalue weighted by Gasteiger charge is 2.03. The molecule has 1 nitrogen and oxygen atoms in total. The van der Waals surface area contributed by atoms with Crippen LogP contribution in [0.25, 0.3) is 0 Å². The van der Waals surface area contributed by atoms with Gasteiger partial charge in [0.2, 0.25) is 0 Å². The van der Waals surface area contributed by atoms with Crippen LogP contribution in [0.3, 0.4) is 0 Å². The van der Waals surface area contributed by atoms with Crippen molar-refractivity contribution in [2.75, 3.05) is 0 Å². The second-order valence-electron chi connectivity index (χ2n) is 7.84. The number of halogens is 1. The summed E-state index contributed by atoms with van der Waals surface area (Å²) in [6.45, 7) is 5.68. The van der Waals surface area contributed by atoms with Crippen LogP contribution in [0.4, 0.5) is 0 Å². The Morgan fingerprint density at radius 3 is 1.46 bits per heavy atom. The molecule has 1 heterocycles. The molecule has 0 N–H and O–H groups in total. The highest BCUT2D eigenvalue weighted by atomic mass is 35.5. The highest BCUT2D eigenvalue weighted by molar-refractivity contribution is 4.93. The third-order valence-electron chi connectivity index (χ3n) is 5.42. The average molecular weight is 382 g/mol. The molecule has 0 saturated carbocycles. The first-order chi connectivity index (χ1) is 12.3. The predicted octanol–water partition coefficient (Wildman–Crippen LogP) is 4.55. The molecule has 0 aliphatic heterocycles. The van der Waals surface area contributed by atoms with E-state index >= 15 is 0 Å². The lowest BCUT2D eigenvalue weighted by Crippen LogP contribution is -3.00. The fraction of sp³-hybridized carbons (Fsp3) is 0.792. The zero-order valence-electron chi connectivity index (χ0n) is 17.7. The molecule has 0 aliphatic rings. The number of hydrogen-bond acceptors (Lipinski definition) is 0. The summed E-state index contributed by atoms with van der Waals surface area (Å²) in [5.74, 6) is 0. The van der Waals surface area contributed by atoms with Crippen LogP contribution >= 0.6 is 0 Å². The number of aryl methyl sites for hydroxylation is 2. The smallest absolute Gasteiger partial charge is 0.178 e. The first-order valence-electron chi connectivity index (χ1n) is 11.3. The van der Waals surface area contributed by atoms with Crippen LogP contribution in [0.2, 0.25) is 0 Å². The summed E-state index contributed by atoms with van der Waals surface area (Å²) in [6, 6.07) is 6.46. The van der Waals surface area contributed by atoms with Crippen molar-refractivity contribution < 1.29 is 17.0 Å². The largest absolute Gasteiger partial charge is 1.00 e. The van der Waals surface area contributed by atoms with Gasteiger partial charge < -0.3 is 12.4 Å². The van der Waals surface area contributed by atoms with Gasteiger partial charge in [0.05, 0.1) is 0 Å². The number of pyridine rings is 1. The van der Waals surface area contributed by atoms with Crippen LogP contribution in [0.5, 0.6) is 0 Å². The Morgan fingerprint density at radius 1 is 0.615 bits per heavy atom. The maximum absolute atomic E-state index is 2.38. The fourth-order valence-corrected chi connectivity index (χ4v) is 3.64. The molecule has 0 atom stereocenters. The Balaban J connectivity index is 0.00000625. The molecule has 0 bridgehead atoms. The summed E-state index contributed by atoms with van der Waals surface area (Å²) in [7, 11) is 0. The van der Waals surface area contributed by atoms with Gasteiger partial charge in [-0.05, 0) is 6.42 Å². The van der Waals surface area contributed by atoms with Gasteiger partial charge >= 0.3 is 0 Å². The Bertz CT molecular complexity index is 405. The summed E-state index contributed by atoms with van der Waals surface area (Å²) >= 11 is 0. The van der Waals surface area contributed by atoms with Gasteiger partial charge in [0.1, 0.15) is 6.54 Å². The van der Waals surface area contributed by atoms with Crippen molar-refractivity contribution in [2.24, 2.45) is 0 Å². The van der Waals surface area contributed by atoms with Gasteiger partial charge in [0, 0.05) is 25.5 Å². The van der Waals surface area contributed by atoms with E-state index in [2.05, 4.69) is 42.8 Å². The molecule has 0 radical (unpaired) electrons. The third-order valence-corrected chi connectivity index (χ3v) is 5.42. The van der Waals surface area contributed by atoms with Gasteiger partial charge in [-0.3, -0.25) is 0 Å². The van der Waals surface area contributed by atoms with Gasteiger partial charge in [0.25, 0.3) is 0 Å². The lowest BCUT2D eigenvalue weighted by atomic mass is 10.0. The second kappa shape index (κ2) is 19.2. The highest BCUT2D eigenvalue weighted by Crippen LogP contribution is 2.13. The van der Waals surface area contributed by atoms with Crippen LogP contribution in [0, 0.1) is 6.92 Å². The molecule has 1 rings (SSSR count). The first-order valence-corrected chi connectivity index (χ1v) is 11.3. The SMILES string of the molecule is CCCCCCCCCCCCCCCCCC[n+]1ccccc1C.[Cl-]. The van der Waals surface area contributed by atoms with E-state index in [0.29, 0.717) is 0 Å². The topological polar surface area (TPSA) is 3.88 Å². The molecule has 152 valence electrons. The van der Waals surface area contributed by atoms with E-state index in [1.54, 1.807) is 0 Å². The molecule has 1 aromatic rings. The predicted molar refractivity (Wildman–Crippen MR) is 111 cm³/mol. The number of unbranched alkanes of at least 4 members (excludes halogenated alkanes) is 15. The minimum absolute atomic E-state index is 0. The van der Waals surface area contributed by atoms with E-state index in [1.165, 1.54) is 115 Å². The minimum atomic E-state index is 0. The second-order valence-corrected chi connectivity index (χ2v) is 7.84. The van der Waals surface area contributed by atoms with Gasteiger partial charge in [0.15, 0.2) is 11.9 Å². The number of nitrogens with zero attached hydrogens (tertiary/aromatic N) is 1. The molecule has 0 spiro atoms. The van der Waals surface area contributed by atoms with Crippen molar-refractivity contribution in [1.82, 2.24) is 0 Å². The molecule has 0 unspecified atom stereocenters. The van der Waals surface area contributed by atoms with Gasteiger partial charge in [-0.15, -0.1) is 0 Å². The Labute approximate surface area is 170 Å². The molecule has 0 saturated heterocycles. The van der Waals surface area contributed by atoms with Gasteiger partial charge in [-0.25, -0.2) is 4.57 Å². The molecular weight excluding hydrogens is 338 g/mol. The molecular formula is C24H44ClN. The summed E-state index contributed by atoms with van der Waals surface area (Å²) in [5.41, 5.74) is 1.38. The van der Waals surface area contributed by atoms with Gasteiger partial charge in [-0.1, -0.05) is 103 Å². The number of rotatable bonds is 17. The van der Waals surface area contributed by atoms with E-state index in [0.717, 1.165) is 0 Å². The molecule has 2 heteroatoms. The van der Waals surface area contributed by atoms with E-state index in [1.807, 2.05) is 0 Å². The monoisotopic (exact) mass is 381 g/mol. The molecule has 0 aliphatic carbocycles. The summed E-state index contributed by atoms with van der Waals surface area (Å²) in [5, 5.41) is 0. The number of hydrogen-bond donors (Lipinski definition) is 0. The molecule has 0 amide bonds. The summed E-state index contributed by atoms with van der Waals surface area (Å²) < 4.78 is 2.38. The summed E-state index contributed by atoms with van der Waals surface area (Å²) in [4.78, 5) is 0. The summed E-state index contributed by atoms with van der Waals surface area (Å²) in [6.07, 6.45) is 25.3. The maximum atomic E-state index is 2.38. The van der Waals surface area contributed by atoms with Crippen molar-refractivity contribution in [3.63, 3.8) is 0 Å². The van der Waals surface area contributed by atoms with E-state index in [-0.39, 0.29) is 12.4 Å². The van der Waals surface area contributed by atoms with Crippen molar-refractivity contribution in [1.29, 1.82) is 0 Å². The van der Waals surface area contributed by atoms with Crippen LogP contribution < -0.4 is 17.0 Å². The minimum Gasteiger partial charge on any atom is -1.00 e. The Morgan fingerprint density at radius 2 is 1.04 bits per heavy atom. The van der Waals surface area contributed by atoms with E-state index in [4.69, 9.17) is 0 Å². The van der Waals surface area contributed by atoms with E-state index in [9.17, 15) is 0 Å². The molecule has 0 aromatic carbocycles. The maximum Gasteiger partial charge on any atom is 0.178 e. The van der Waals surface area contributed by atoms with Crippen LogP contribution in [0.1, 0.15) is 115 Å².